The SMILES string of the molecule is COC(=O)c1cc(C(N)=O)ccc1O[C@@H](C)C(F)(F)F. The lowest BCUT2D eigenvalue weighted by Crippen LogP contribution is -2.31. The summed E-state index contributed by atoms with van der Waals surface area (Å²) in [6.45, 7) is 0.795. The van der Waals surface area contributed by atoms with E-state index in [-0.39, 0.29) is 16.9 Å². The van der Waals surface area contributed by atoms with Crippen molar-refractivity contribution >= 4 is 11.9 Å². The van der Waals surface area contributed by atoms with Crippen LogP contribution in [0.4, 0.5) is 13.2 Å². The van der Waals surface area contributed by atoms with E-state index in [1.807, 2.05) is 0 Å². The Bertz CT molecular complexity index is 528. The second kappa shape index (κ2) is 5.81. The van der Waals surface area contributed by atoms with Crippen molar-refractivity contribution in [1.29, 1.82) is 0 Å². The average Bonchev–Trinajstić information content (AvgIpc) is 2.36. The number of esters is 1. The van der Waals surface area contributed by atoms with E-state index in [0.717, 1.165) is 32.2 Å². The third-order valence-corrected chi connectivity index (χ3v) is 2.43. The van der Waals surface area contributed by atoms with Crippen molar-refractivity contribution in [2.75, 3.05) is 7.11 Å². The lowest BCUT2D eigenvalue weighted by molar-refractivity contribution is -0.189. The van der Waals surface area contributed by atoms with Crippen LogP contribution in [0.25, 0.3) is 0 Å². The predicted octanol–water partition coefficient (Wildman–Crippen LogP) is 1.90. The van der Waals surface area contributed by atoms with Crippen molar-refractivity contribution < 1.29 is 32.2 Å². The molecule has 0 aliphatic heterocycles. The molecule has 1 aromatic rings. The summed E-state index contributed by atoms with van der Waals surface area (Å²) >= 11 is 0. The minimum Gasteiger partial charge on any atom is -0.480 e. The first-order valence-electron chi connectivity index (χ1n) is 5.42. The summed E-state index contributed by atoms with van der Waals surface area (Å²) in [6, 6.07) is 3.24. The molecule has 0 aromatic heterocycles. The Labute approximate surface area is 112 Å². The van der Waals surface area contributed by atoms with Gasteiger partial charge in [-0.3, -0.25) is 4.79 Å². The van der Waals surface area contributed by atoms with Crippen LogP contribution in [0.5, 0.6) is 5.75 Å². The van der Waals surface area contributed by atoms with E-state index in [4.69, 9.17) is 5.73 Å². The van der Waals surface area contributed by atoms with Gasteiger partial charge in [0, 0.05) is 5.56 Å². The molecule has 20 heavy (non-hydrogen) atoms. The standard InChI is InChI=1S/C12H12F3NO4/c1-6(12(13,14)15)20-9-4-3-7(10(16)17)5-8(9)11(18)19-2/h3-6H,1-2H3,(H2,16,17)/t6-/m0/s1. The molecule has 8 heteroatoms. The Hall–Kier alpha value is -2.25. The highest BCUT2D eigenvalue weighted by atomic mass is 19.4. The van der Waals surface area contributed by atoms with Crippen LogP contribution < -0.4 is 10.5 Å². The number of rotatable bonds is 4. The summed E-state index contributed by atoms with van der Waals surface area (Å²) < 4.78 is 46.4. The first-order chi connectivity index (χ1) is 9.16. The van der Waals surface area contributed by atoms with Crippen LogP contribution in [-0.4, -0.2) is 31.3 Å². The van der Waals surface area contributed by atoms with Crippen molar-refractivity contribution in [2.24, 2.45) is 5.73 Å². The molecule has 0 spiro atoms. The van der Waals surface area contributed by atoms with E-state index < -0.39 is 24.2 Å². The van der Waals surface area contributed by atoms with E-state index in [2.05, 4.69) is 9.47 Å². The Kier molecular flexibility index (Phi) is 4.59. The van der Waals surface area contributed by atoms with Gasteiger partial charge in [-0.05, 0) is 25.1 Å². The van der Waals surface area contributed by atoms with Gasteiger partial charge in [-0.25, -0.2) is 4.79 Å². The molecule has 0 saturated carbocycles. The summed E-state index contributed by atoms with van der Waals surface area (Å²) in [4.78, 5) is 22.5. The minimum absolute atomic E-state index is 0.0441. The number of primary amides is 1. The zero-order valence-corrected chi connectivity index (χ0v) is 10.7. The number of benzene rings is 1. The van der Waals surface area contributed by atoms with Crippen LogP contribution >= 0.6 is 0 Å². The zero-order valence-electron chi connectivity index (χ0n) is 10.7. The Morgan fingerprint density at radius 2 is 1.90 bits per heavy atom. The number of methoxy groups -OCH3 is 1. The number of carbonyl (C=O) groups is 2. The fraction of sp³-hybridized carbons (Fsp3) is 0.333. The molecule has 1 rings (SSSR count). The topological polar surface area (TPSA) is 78.6 Å². The molecule has 0 saturated heterocycles. The third-order valence-electron chi connectivity index (χ3n) is 2.43. The molecule has 1 aromatic carbocycles. The quantitative estimate of drug-likeness (QED) is 0.859. The fourth-order valence-corrected chi connectivity index (χ4v) is 1.31. The molecule has 0 aliphatic rings. The number of carbonyl (C=O) groups excluding carboxylic acids is 2. The molecule has 0 unspecified atom stereocenters. The van der Waals surface area contributed by atoms with Crippen molar-refractivity contribution in [3.8, 4) is 5.75 Å². The molecule has 0 bridgehead atoms. The van der Waals surface area contributed by atoms with E-state index in [9.17, 15) is 22.8 Å². The molecule has 5 nitrogen and oxygen atoms in total. The van der Waals surface area contributed by atoms with E-state index in [1.54, 1.807) is 0 Å². The van der Waals surface area contributed by atoms with Crippen molar-refractivity contribution in [1.82, 2.24) is 0 Å². The fourth-order valence-electron chi connectivity index (χ4n) is 1.31. The van der Waals surface area contributed by atoms with Gasteiger partial charge in [-0.15, -0.1) is 0 Å². The minimum atomic E-state index is -4.59. The maximum Gasteiger partial charge on any atom is 0.425 e. The highest BCUT2D eigenvalue weighted by molar-refractivity contribution is 5.98. The predicted molar refractivity (Wildman–Crippen MR) is 62.4 cm³/mol. The van der Waals surface area contributed by atoms with Gasteiger partial charge in [0.15, 0.2) is 6.10 Å². The molecular weight excluding hydrogens is 279 g/mol. The normalized spacial score (nSPS) is 12.7. The lowest BCUT2D eigenvalue weighted by Gasteiger charge is -2.19. The number of nitrogens with two attached hydrogens (primary N) is 1. The van der Waals surface area contributed by atoms with E-state index >= 15 is 0 Å². The van der Waals surface area contributed by atoms with Gasteiger partial charge in [-0.2, -0.15) is 13.2 Å². The van der Waals surface area contributed by atoms with Crippen LogP contribution in [0, 0.1) is 0 Å². The zero-order chi connectivity index (χ0) is 15.5. The van der Waals surface area contributed by atoms with Crippen molar-refractivity contribution in [2.45, 2.75) is 19.2 Å². The highest BCUT2D eigenvalue weighted by Gasteiger charge is 2.38. The van der Waals surface area contributed by atoms with Gasteiger partial charge in [0.1, 0.15) is 11.3 Å². The summed E-state index contributed by atoms with van der Waals surface area (Å²) in [5.74, 6) is -2.10. The smallest absolute Gasteiger partial charge is 0.425 e. The number of ether oxygens (including phenoxy) is 2. The monoisotopic (exact) mass is 291 g/mol. The van der Waals surface area contributed by atoms with Gasteiger partial charge in [0.2, 0.25) is 5.91 Å². The molecule has 0 radical (unpaired) electrons. The van der Waals surface area contributed by atoms with Crippen LogP contribution in [0.1, 0.15) is 27.6 Å². The molecule has 0 heterocycles. The molecule has 110 valence electrons. The molecule has 2 N–H and O–H groups in total. The molecule has 0 fully saturated rings. The number of alkyl halides is 3. The van der Waals surface area contributed by atoms with Crippen molar-refractivity contribution in [3.63, 3.8) is 0 Å². The Morgan fingerprint density at radius 1 is 1.30 bits per heavy atom. The van der Waals surface area contributed by atoms with Crippen LogP contribution in [0.2, 0.25) is 0 Å². The second-order valence-electron chi connectivity index (χ2n) is 3.87. The summed E-state index contributed by atoms with van der Waals surface area (Å²) in [7, 11) is 1.05. The highest BCUT2D eigenvalue weighted by Crippen LogP contribution is 2.28. The summed E-state index contributed by atoms with van der Waals surface area (Å²) in [5.41, 5.74) is 4.68. The van der Waals surface area contributed by atoms with E-state index in [0.29, 0.717) is 0 Å². The number of halogens is 3. The molecule has 1 amide bonds. The average molecular weight is 291 g/mol. The Balaban J connectivity index is 3.19. The summed E-state index contributed by atoms with van der Waals surface area (Å²) in [6.07, 6.45) is -6.71. The molecule has 0 aliphatic carbocycles. The largest absolute Gasteiger partial charge is 0.480 e. The van der Waals surface area contributed by atoms with E-state index in [1.165, 1.54) is 0 Å². The van der Waals surface area contributed by atoms with Gasteiger partial charge in [0.05, 0.1) is 7.11 Å². The Morgan fingerprint density at radius 3 is 2.35 bits per heavy atom. The van der Waals surface area contributed by atoms with Gasteiger partial charge in [0.25, 0.3) is 0 Å². The molecule has 1 atom stereocenters. The number of hydrogen-bond acceptors (Lipinski definition) is 4. The van der Waals surface area contributed by atoms with Gasteiger partial charge >= 0.3 is 12.1 Å². The number of amides is 1. The second-order valence-corrected chi connectivity index (χ2v) is 3.87. The summed E-state index contributed by atoms with van der Waals surface area (Å²) in [5, 5.41) is 0. The third kappa shape index (κ3) is 3.62. The van der Waals surface area contributed by atoms with Gasteiger partial charge < -0.3 is 15.2 Å². The number of hydrogen-bond donors (Lipinski definition) is 1. The van der Waals surface area contributed by atoms with Gasteiger partial charge in [-0.1, -0.05) is 0 Å². The first kappa shape index (κ1) is 15.8. The lowest BCUT2D eigenvalue weighted by atomic mass is 10.1. The maximum atomic E-state index is 12.4. The van der Waals surface area contributed by atoms with Crippen molar-refractivity contribution in [3.05, 3.63) is 29.3 Å². The van der Waals surface area contributed by atoms with Crippen LogP contribution in [-0.2, 0) is 4.74 Å². The van der Waals surface area contributed by atoms with Crippen LogP contribution in [0.15, 0.2) is 18.2 Å². The van der Waals surface area contributed by atoms with Crippen LogP contribution in [0.3, 0.4) is 0 Å². The molecular formula is C12H12F3NO4. The maximum absolute atomic E-state index is 12.4. The first-order valence-corrected chi connectivity index (χ1v) is 5.42.